The van der Waals surface area contributed by atoms with Crippen LogP contribution in [-0.2, 0) is 4.79 Å². The van der Waals surface area contributed by atoms with Gasteiger partial charge in [0.05, 0.1) is 12.6 Å². The maximum Gasteiger partial charge on any atom is 0.220 e. The first-order valence-corrected chi connectivity index (χ1v) is 3.14. The van der Waals surface area contributed by atoms with Crippen LogP contribution >= 0.6 is 0 Å². The molecule has 1 saturated heterocycles. The Kier molecular flexibility index (Phi) is 1.71. The minimum Gasteiger partial charge on any atom is -0.394 e. The molecule has 1 heterocycles. The first kappa shape index (κ1) is 6.55. The summed E-state index contributed by atoms with van der Waals surface area (Å²) in [6.45, 7) is 2.02. The van der Waals surface area contributed by atoms with Gasteiger partial charge in [0.2, 0.25) is 5.91 Å². The summed E-state index contributed by atoms with van der Waals surface area (Å²) < 4.78 is 0. The third kappa shape index (κ3) is 1.21. The quantitative estimate of drug-likeness (QED) is 0.501. The number of carbonyl (C=O) groups is 1. The van der Waals surface area contributed by atoms with E-state index in [2.05, 4.69) is 5.32 Å². The highest BCUT2D eigenvalue weighted by Crippen LogP contribution is 2.14. The monoisotopic (exact) mass is 129 g/mol. The second-order valence-electron chi connectivity index (χ2n) is 2.54. The van der Waals surface area contributed by atoms with Crippen molar-refractivity contribution in [3.05, 3.63) is 0 Å². The van der Waals surface area contributed by atoms with Gasteiger partial charge >= 0.3 is 0 Å². The SMILES string of the molecule is C[C@H]1CC(=O)N[C@H]1CO. The number of aliphatic hydroxyl groups excluding tert-OH is 1. The Morgan fingerprint density at radius 1 is 1.89 bits per heavy atom. The lowest BCUT2D eigenvalue weighted by Crippen LogP contribution is -2.31. The Morgan fingerprint density at radius 2 is 2.56 bits per heavy atom. The molecule has 0 aromatic rings. The summed E-state index contributed by atoms with van der Waals surface area (Å²) in [6, 6.07) is -0.00231. The largest absolute Gasteiger partial charge is 0.394 e. The van der Waals surface area contributed by atoms with Crippen LogP contribution < -0.4 is 5.32 Å². The highest BCUT2D eigenvalue weighted by Gasteiger charge is 2.27. The van der Waals surface area contributed by atoms with E-state index in [9.17, 15) is 4.79 Å². The molecule has 2 N–H and O–H groups in total. The third-order valence-corrected chi connectivity index (χ3v) is 1.74. The van der Waals surface area contributed by atoms with Crippen LogP contribution in [0.5, 0.6) is 0 Å². The molecule has 52 valence electrons. The van der Waals surface area contributed by atoms with E-state index in [1.807, 2.05) is 6.92 Å². The molecular weight excluding hydrogens is 118 g/mol. The molecule has 1 aliphatic heterocycles. The predicted octanol–water partition coefficient (Wildman–Crippen LogP) is -0.497. The van der Waals surface area contributed by atoms with Gasteiger partial charge in [-0.05, 0) is 5.92 Å². The summed E-state index contributed by atoms with van der Waals surface area (Å²) in [7, 11) is 0. The van der Waals surface area contributed by atoms with Crippen molar-refractivity contribution in [2.24, 2.45) is 5.92 Å². The Hall–Kier alpha value is -0.570. The number of carbonyl (C=O) groups excluding carboxylic acids is 1. The highest BCUT2D eigenvalue weighted by atomic mass is 16.3. The predicted molar refractivity (Wildman–Crippen MR) is 32.8 cm³/mol. The Balaban J connectivity index is 2.47. The minimum absolute atomic E-state index is 0.00231. The maximum atomic E-state index is 10.6. The van der Waals surface area contributed by atoms with Crippen molar-refractivity contribution in [2.75, 3.05) is 6.61 Å². The number of aliphatic hydroxyl groups is 1. The van der Waals surface area contributed by atoms with Crippen LogP contribution in [0.1, 0.15) is 13.3 Å². The lowest BCUT2D eigenvalue weighted by molar-refractivity contribution is -0.119. The maximum absolute atomic E-state index is 10.6. The summed E-state index contributed by atoms with van der Waals surface area (Å²) in [5.74, 6) is 0.351. The first-order valence-electron chi connectivity index (χ1n) is 3.14. The normalized spacial score (nSPS) is 34.7. The first-order chi connectivity index (χ1) is 4.24. The molecule has 0 saturated carbocycles. The molecule has 0 spiro atoms. The van der Waals surface area contributed by atoms with Crippen molar-refractivity contribution in [1.29, 1.82) is 0 Å². The van der Waals surface area contributed by atoms with Crippen LogP contribution in [0.15, 0.2) is 0 Å². The van der Waals surface area contributed by atoms with E-state index in [4.69, 9.17) is 5.11 Å². The van der Waals surface area contributed by atoms with Crippen LogP contribution in [0.25, 0.3) is 0 Å². The molecule has 0 aromatic heterocycles. The summed E-state index contributed by atoms with van der Waals surface area (Å²) in [5, 5.41) is 11.3. The zero-order chi connectivity index (χ0) is 6.85. The van der Waals surface area contributed by atoms with Crippen LogP contribution in [0.2, 0.25) is 0 Å². The number of amides is 1. The van der Waals surface area contributed by atoms with Gasteiger partial charge in [0, 0.05) is 6.42 Å². The van der Waals surface area contributed by atoms with Gasteiger partial charge in [-0.3, -0.25) is 4.79 Å². The number of rotatable bonds is 1. The smallest absolute Gasteiger partial charge is 0.220 e. The molecule has 0 bridgehead atoms. The average molecular weight is 129 g/mol. The fourth-order valence-corrected chi connectivity index (χ4v) is 1.07. The minimum atomic E-state index is -0.00231. The van der Waals surface area contributed by atoms with Gasteiger partial charge in [0.15, 0.2) is 0 Å². The van der Waals surface area contributed by atoms with Crippen molar-refractivity contribution in [2.45, 2.75) is 19.4 Å². The van der Waals surface area contributed by atoms with Gasteiger partial charge in [0.25, 0.3) is 0 Å². The van der Waals surface area contributed by atoms with Crippen molar-refractivity contribution in [1.82, 2.24) is 5.32 Å². The third-order valence-electron chi connectivity index (χ3n) is 1.74. The zero-order valence-electron chi connectivity index (χ0n) is 5.42. The lowest BCUT2D eigenvalue weighted by atomic mass is 10.0. The summed E-state index contributed by atoms with van der Waals surface area (Å²) in [6.07, 6.45) is 0.561. The standard InChI is InChI=1S/C6H11NO2/c1-4-2-6(9)7-5(4)3-8/h4-5,8H,2-3H2,1H3,(H,7,9)/t4-,5-/m0/s1. The second kappa shape index (κ2) is 2.35. The molecule has 3 nitrogen and oxygen atoms in total. The lowest BCUT2D eigenvalue weighted by Gasteiger charge is -2.09. The van der Waals surface area contributed by atoms with Gasteiger partial charge in [-0.2, -0.15) is 0 Å². The molecule has 0 unspecified atom stereocenters. The summed E-state index contributed by atoms with van der Waals surface area (Å²) in [5.41, 5.74) is 0. The van der Waals surface area contributed by atoms with Gasteiger partial charge in [-0.25, -0.2) is 0 Å². The Morgan fingerprint density at radius 3 is 2.78 bits per heavy atom. The van der Waals surface area contributed by atoms with E-state index < -0.39 is 0 Å². The fourth-order valence-electron chi connectivity index (χ4n) is 1.07. The van der Waals surface area contributed by atoms with Crippen LogP contribution in [0.4, 0.5) is 0 Å². The highest BCUT2D eigenvalue weighted by molar-refractivity contribution is 5.78. The van der Waals surface area contributed by atoms with E-state index >= 15 is 0 Å². The molecule has 0 aliphatic carbocycles. The van der Waals surface area contributed by atoms with Gasteiger partial charge in [-0.15, -0.1) is 0 Å². The topological polar surface area (TPSA) is 49.3 Å². The summed E-state index contributed by atoms with van der Waals surface area (Å²) in [4.78, 5) is 10.6. The number of hydrogen-bond donors (Lipinski definition) is 2. The molecule has 1 amide bonds. The van der Waals surface area contributed by atoms with Gasteiger partial charge < -0.3 is 10.4 Å². The molecule has 0 radical (unpaired) electrons. The van der Waals surface area contributed by atoms with Crippen LogP contribution in [0, 0.1) is 5.92 Å². The van der Waals surface area contributed by atoms with E-state index in [0.29, 0.717) is 12.3 Å². The van der Waals surface area contributed by atoms with Gasteiger partial charge in [-0.1, -0.05) is 6.92 Å². The van der Waals surface area contributed by atoms with E-state index in [-0.39, 0.29) is 18.6 Å². The van der Waals surface area contributed by atoms with Crippen LogP contribution in [-0.4, -0.2) is 23.7 Å². The number of hydrogen-bond acceptors (Lipinski definition) is 2. The molecule has 0 aromatic carbocycles. The van der Waals surface area contributed by atoms with Crippen molar-refractivity contribution >= 4 is 5.91 Å². The van der Waals surface area contributed by atoms with Gasteiger partial charge in [0.1, 0.15) is 0 Å². The Bertz CT molecular complexity index is 124. The molecule has 1 aliphatic rings. The zero-order valence-corrected chi connectivity index (χ0v) is 5.42. The molecule has 1 rings (SSSR count). The van der Waals surface area contributed by atoms with Crippen LogP contribution in [0.3, 0.4) is 0 Å². The molecule has 1 fully saturated rings. The van der Waals surface area contributed by atoms with E-state index in [1.54, 1.807) is 0 Å². The second-order valence-corrected chi connectivity index (χ2v) is 2.54. The molecule has 9 heavy (non-hydrogen) atoms. The van der Waals surface area contributed by atoms with Crippen molar-refractivity contribution < 1.29 is 9.90 Å². The molecular formula is C6H11NO2. The van der Waals surface area contributed by atoms with E-state index in [1.165, 1.54) is 0 Å². The molecule has 2 atom stereocenters. The molecule has 3 heteroatoms. The summed E-state index contributed by atoms with van der Waals surface area (Å²) >= 11 is 0. The fraction of sp³-hybridized carbons (Fsp3) is 0.833. The number of nitrogens with one attached hydrogen (secondary N) is 1. The van der Waals surface area contributed by atoms with Crippen molar-refractivity contribution in [3.63, 3.8) is 0 Å². The van der Waals surface area contributed by atoms with E-state index in [0.717, 1.165) is 0 Å². The average Bonchev–Trinajstić information content (AvgIpc) is 2.10. The van der Waals surface area contributed by atoms with Crippen molar-refractivity contribution in [3.8, 4) is 0 Å². The Labute approximate surface area is 54.1 Å².